The van der Waals surface area contributed by atoms with Crippen LogP contribution >= 0.6 is 0 Å². The molecule has 1 aromatic rings. The molecule has 1 aromatic carbocycles. The van der Waals surface area contributed by atoms with Crippen LogP contribution in [0.3, 0.4) is 0 Å². The van der Waals surface area contributed by atoms with Crippen LogP contribution in [0, 0.1) is 0 Å². The molecule has 0 aliphatic heterocycles. The zero-order valence-electron chi connectivity index (χ0n) is 10.2. The Hall–Kier alpha value is -1.92. The van der Waals surface area contributed by atoms with Gasteiger partial charge in [0.15, 0.2) is 0 Å². The molecule has 6 heteroatoms. The minimum Gasteiger partial charge on any atom is -0.473 e. The summed E-state index contributed by atoms with van der Waals surface area (Å²) in [6.07, 6.45) is -0.420. The predicted molar refractivity (Wildman–Crippen MR) is 65.2 cm³/mol. The van der Waals surface area contributed by atoms with Crippen molar-refractivity contribution in [1.82, 2.24) is 5.32 Å². The Kier molecular flexibility index (Phi) is 7.34. The first-order valence-electron chi connectivity index (χ1n) is 5.26. The first-order chi connectivity index (χ1) is 8.40. The number of carbonyl (C=O) groups is 2. The van der Waals surface area contributed by atoms with E-state index in [0.29, 0.717) is 0 Å². The fraction of sp³-hybridized carbons (Fsp3) is 0.333. The Balaban J connectivity index is 0.000000411. The van der Waals surface area contributed by atoms with Crippen LogP contribution in [0.5, 0.6) is 0 Å². The highest BCUT2D eigenvalue weighted by atomic mass is 16.4. The fourth-order valence-electron chi connectivity index (χ4n) is 1.10. The molecule has 100 valence electrons. The van der Waals surface area contributed by atoms with Gasteiger partial charge in [0.25, 0.3) is 0 Å². The molecule has 2 unspecified atom stereocenters. The maximum absolute atomic E-state index is 9.73. The van der Waals surface area contributed by atoms with Crippen LogP contribution in [0.15, 0.2) is 30.3 Å². The summed E-state index contributed by atoms with van der Waals surface area (Å²) >= 11 is 0. The number of hydrogen-bond acceptors (Lipinski definition) is 4. The highest BCUT2D eigenvalue weighted by Gasteiger charge is 2.12. The van der Waals surface area contributed by atoms with Gasteiger partial charge in [0.05, 0.1) is 6.10 Å². The number of carboxylic acids is 2. The number of aliphatic carboxylic acids is 2. The first-order valence-corrected chi connectivity index (χ1v) is 5.26. The van der Waals surface area contributed by atoms with Gasteiger partial charge < -0.3 is 20.6 Å². The van der Waals surface area contributed by atoms with Gasteiger partial charge in [-0.1, -0.05) is 30.3 Å². The van der Waals surface area contributed by atoms with E-state index in [1.165, 1.54) is 0 Å². The second-order valence-electron chi connectivity index (χ2n) is 3.54. The van der Waals surface area contributed by atoms with Gasteiger partial charge in [-0.15, -0.1) is 0 Å². The zero-order chi connectivity index (χ0) is 14.1. The molecule has 0 heterocycles. The zero-order valence-corrected chi connectivity index (χ0v) is 10.2. The third-order valence-corrected chi connectivity index (χ3v) is 2.25. The SMILES string of the molecule is CNC(C)C(O)c1ccccc1.O=C(O)C(=O)O. The van der Waals surface area contributed by atoms with Gasteiger partial charge in [0.2, 0.25) is 0 Å². The number of hydrogen-bond donors (Lipinski definition) is 4. The third-order valence-electron chi connectivity index (χ3n) is 2.25. The summed E-state index contributed by atoms with van der Waals surface area (Å²) in [6, 6.07) is 9.76. The van der Waals surface area contributed by atoms with Crippen LogP contribution in [0.2, 0.25) is 0 Å². The van der Waals surface area contributed by atoms with Crippen LogP contribution in [0.1, 0.15) is 18.6 Å². The van der Waals surface area contributed by atoms with Gasteiger partial charge in [-0.2, -0.15) is 0 Å². The molecule has 0 aliphatic carbocycles. The average Bonchev–Trinajstić information content (AvgIpc) is 2.38. The summed E-state index contributed by atoms with van der Waals surface area (Å²) in [7, 11) is 1.84. The number of likely N-dealkylation sites (N-methyl/N-ethyl adjacent to an activating group) is 1. The number of aliphatic hydroxyl groups excluding tert-OH is 1. The molecule has 6 nitrogen and oxygen atoms in total. The van der Waals surface area contributed by atoms with E-state index in [9.17, 15) is 5.11 Å². The fourth-order valence-corrected chi connectivity index (χ4v) is 1.10. The van der Waals surface area contributed by atoms with E-state index in [1.54, 1.807) is 0 Å². The van der Waals surface area contributed by atoms with Crippen molar-refractivity contribution in [2.24, 2.45) is 0 Å². The van der Waals surface area contributed by atoms with Gasteiger partial charge in [-0.3, -0.25) is 0 Å². The lowest BCUT2D eigenvalue weighted by molar-refractivity contribution is -0.159. The van der Waals surface area contributed by atoms with Gasteiger partial charge in [-0.25, -0.2) is 9.59 Å². The quantitative estimate of drug-likeness (QED) is 0.585. The molecule has 0 aliphatic rings. The maximum Gasteiger partial charge on any atom is 0.414 e. The monoisotopic (exact) mass is 255 g/mol. The van der Waals surface area contributed by atoms with E-state index in [1.807, 2.05) is 44.3 Å². The van der Waals surface area contributed by atoms with Crippen molar-refractivity contribution in [3.05, 3.63) is 35.9 Å². The molecule has 2 atom stereocenters. The van der Waals surface area contributed by atoms with Crippen molar-refractivity contribution in [2.45, 2.75) is 19.1 Å². The largest absolute Gasteiger partial charge is 0.473 e. The van der Waals surface area contributed by atoms with E-state index in [-0.39, 0.29) is 6.04 Å². The summed E-state index contributed by atoms with van der Waals surface area (Å²) in [5.41, 5.74) is 0.958. The molecule has 18 heavy (non-hydrogen) atoms. The maximum atomic E-state index is 9.73. The number of nitrogens with one attached hydrogen (secondary N) is 1. The molecular weight excluding hydrogens is 238 g/mol. The number of benzene rings is 1. The summed E-state index contributed by atoms with van der Waals surface area (Å²) in [6.45, 7) is 1.96. The van der Waals surface area contributed by atoms with Crippen LogP contribution in [0.4, 0.5) is 0 Å². The summed E-state index contributed by atoms with van der Waals surface area (Å²) in [5, 5.41) is 27.5. The topological polar surface area (TPSA) is 107 Å². The lowest BCUT2D eigenvalue weighted by atomic mass is 10.0. The third kappa shape index (κ3) is 5.97. The normalized spacial score (nSPS) is 12.8. The lowest BCUT2D eigenvalue weighted by Crippen LogP contribution is -2.28. The predicted octanol–water partition coefficient (Wildman–Crippen LogP) is 0.483. The molecule has 4 N–H and O–H groups in total. The van der Waals surface area contributed by atoms with Crippen LogP contribution in [0.25, 0.3) is 0 Å². The minimum absolute atomic E-state index is 0.0902. The van der Waals surface area contributed by atoms with Crippen molar-refractivity contribution >= 4 is 11.9 Å². The molecule has 0 bridgehead atoms. The molecule has 0 aromatic heterocycles. The van der Waals surface area contributed by atoms with Crippen molar-refractivity contribution in [3.63, 3.8) is 0 Å². The highest BCUT2D eigenvalue weighted by Crippen LogP contribution is 2.15. The molecule has 0 saturated heterocycles. The van der Waals surface area contributed by atoms with Gasteiger partial charge in [0, 0.05) is 6.04 Å². The van der Waals surface area contributed by atoms with Gasteiger partial charge in [0.1, 0.15) is 0 Å². The molecule has 1 rings (SSSR count). The highest BCUT2D eigenvalue weighted by molar-refractivity contribution is 6.27. The van der Waals surface area contributed by atoms with E-state index >= 15 is 0 Å². The van der Waals surface area contributed by atoms with E-state index in [2.05, 4.69) is 5.32 Å². The van der Waals surface area contributed by atoms with E-state index < -0.39 is 18.0 Å². The van der Waals surface area contributed by atoms with Crippen molar-refractivity contribution in [2.75, 3.05) is 7.05 Å². The summed E-state index contributed by atoms with van der Waals surface area (Å²) in [4.78, 5) is 18.2. The van der Waals surface area contributed by atoms with E-state index in [4.69, 9.17) is 19.8 Å². The molecule has 0 saturated carbocycles. The van der Waals surface area contributed by atoms with Crippen LogP contribution in [-0.2, 0) is 9.59 Å². The summed E-state index contributed by atoms with van der Waals surface area (Å²) in [5.74, 6) is -3.65. The second kappa shape index (κ2) is 8.21. The number of carboxylic acid groups (broad SMARTS) is 2. The van der Waals surface area contributed by atoms with Gasteiger partial charge >= 0.3 is 11.9 Å². The Labute approximate surface area is 105 Å². The minimum atomic E-state index is -1.82. The van der Waals surface area contributed by atoms with Crippen LogP contribution in [-0.4, -0.2) is 40.3 Å². The van der Waals surface area contributed by atoms with Gasteiger partial charge in [-0.05, 0) is 19.5 Å². The second-order valence-corrected chi connectivity index (χ2v) is 3.54. The molecular formula is C12H17NO5. The number of aliphatic hydroxyl groups is 1. The first kappa shape index (κ1) is 16.1. The average molecular weight is 255 g/mol. The Morgan fingerprint density at radius 1 is 1.11 bits per heavy atom. The molecule has 0 fully saturated rings. The van der Waals surface area contributed by atoms with Crippen LogP contribution < -0.4 is 5.32 Å². The Morgan fingerprint density at radius 2 is 1.56 bits per heavy atom. The summed E-state index contributed by atoms with van der Waals surface area (Å²) < 4.78 is 0. The number of rotatable bonds is 3. The molecule has 0 amide bonds. The standard InChI is InChI=1S/C10H15NO.C2H2O4/c1-8(11-2)10(12)9-6-4-3-5-7-9;3-1(4)2(5)6/h3-8,10-12H,1-2H3;(H,3,4)(H,5,6). The molecule has 0 radical (unpaired) electrons. The smallest absolute Gasteiger partial charge is 0.414 e. The Morgan fingerprint density at radius 3 is 1.89 bits per heavy atom. The van der Waals surface area contributed by atoms with E-state index in [0.717, 1.165) is 5.56 Å². The Bertz CT molecular complexity index is 367. The van der Waals surface area contributed by atoms with Crippen molar-refractivity contribution in [1.29, 1.82) is 0 Å². The van der Waals surface area contributed by atoms with Crippen molar-refractivity contribution < 1.29 is 24.9 Å². The molecule has 0 spiro atoms. The van der Waals surface area contributed by atoms with Crippen molar-refractivity contribution in [3.8, 4) is 0 Å². The lowest BCUT2D eigenvalue weighted by Gasteiger charge is -2.17.